The maximum atomic E-state index is 12.1. The second-order valence-corrected chi connectivity index (χ2v) is 6.06. The summed E-state index contributed by atoms with van der Waals surface area (Å²) in [5.41, 5.74) is 6.17. The minimum Gasteiger partial charge on any atom is -0.388 e. The summed E-state index contributed by atoms with van der Waals surface area (Å²) in [6.45, 7) is 2.57. The number of hydrogen-bond acceptors (Lipinski definition) is 5. The molecule has 0 spiro atoms. The van der Waals surface area contributed by atoms with Crippen LogP contribution in [-0.2, 0) is 16.6 Å². The zero-order chi connectivity index (χ0) is 14.8. The molecule has 3 N–H and O–H groups in total. The second kappa shape index (κ2) is 5.55. The molecular formula is C11H13N5O2S2. The van der Waals surface area contributed by atoms with Crippen LogP contribution in [0.25, 0.3) is 0 Å². The number of thiocarbonyl (C=S) groups is 1. The fourth-order valence-corrected chi connectivity index (χ4v) is 2.58. The largest absolute Gasteiger partial charge is 0.388 e. The number of nitrogens with two attached hydrogens (primary N) is 1. The Morgan fingerprint density at radius 1 is 1.45 bits per heavy atom. The van der Waals surface area contributed by atoms with E-state index in [1.807, 2.05) is 6.92 Å². The molecule has 2 rings (SSSR count). The van der Waals surface area contributed by atoms with Crippen molar-refractivity contribution in [1.82, 2.24) is 14.8 Å². The minimum absolute atomic E-state index is 0.0294. The topological polar surface area (TPSA) is 103 Å². The van der Waals surface area contributed by atoms with Crippen LogP contribution in [0.3, 0.4) is 0 Å². The molecule has 0 amide bonds. The normalized spacial score (nSPS) is 11.2. The zero-order valence-corrected chi connectivity index (χ0v) is 12.3. The number of pyridine rings is 1. The molecule has 0 aliphatic rings. The van der Waals surface area contributed by atoms with Gasteiger partial charge < -0.3 is 5.73 Å². The fourth-order valence-electron chi connectivity index (χ4n) is 1.49. The summed E-state index contributed by atoms with van der Waals surface area (Å²) in [7, 11) is -3.70. The highest BCUT2D eigenvalue weighted by atomic mass is 32.2. The molecule has 0 unspecified atom stereocenters. The summed E-state index contributed by atoms with van der Waals surface area (Å²) in [5.74, 6) is 0. The van der Waals surface area contributed by atoms with E-state index in [1.54, 1.807) is 10.9 Å². The highest BCUT2D eigenvalue weighted by molar-refractivity contribution is 7.92. The highest BCUT2D eigenvalue weighted by Gasteiger charge is 2.15. The predicted molar refractivity (Wildman–Crippen MR) is 78.8 cm³/mol. The lowest BCUT2D eigenvalue weighted by Gasteiger charge is -2.06. The molecule has 2 heterocycles. The van der Waals surface area contributed by atoms with Gasteiger partial charge in [-0.1, -0.05) is 12.2 Å². The monoisotopic (exact) mass is 311 g/mol. The third-order valence-electron chi connectivity index (χ3n) is 2.51. The van der Waals surface area contributed by atoms with Crippen molar-refractivity contribution in [3.63, 3.8) is 0 Å². The summed E-state index contributed by atoms with van der Waals surface area (Å²) < 4.78 is 28.3. The van der Waals surface area contributed by atoms with Crippen LogP contribution in [-0.4, -0.2) is 28.2 Å². The van der Waals surface area contributed by atoms with Crippen molar-refractivity contribution in [2.45, 2.75) is 18.4 Å². The first kappa shape index (κ1) is 14.4. The van der Waals surface area contributed by atoms with Gasteiger partial charge in [0.15, 0.2) is 0 Å². The lowest BCUT2D eigenvalue weighted by molar-refractivity contribution is 0.601. The van der Waals surface area contributed by atoms with Gasteiger partial charge >= 0.3 is 0 Å². The van der Waals surface area contributed by atoms with E-state index in [-0.39, 0.29) is 9.88 Å². The van der Waals surface area contributed by atoms with Gasteiger partial charge in [-0.05, 0) is 19.1 Å². The lowest BCUT2D eigenvalue weighted by atomic mass is 10.3. The van der Waals surface area contributed by atoms with Crippen molar-refractivity contribution in [1.29, 1.82) is 0 Å². The van der Waals surface area contributed by atoms with E-state index < -0.39 is 10.0 Å². The summed E-state index contributed by atoms with van der Waals surface area (Å²) in [4.78, 5) is 4.05. The molecule has 2 aromatic heterocycles. The van der Waals surface area contributed by atoms with Crippen LogP contribution in [0.4, 0.5) is 5.69 Å². The first-order valence-corrected chi connectivity index (χ1v) is 7.62. The van der Waals surface area contributed by atoms with Crippen molar-refractivity contribution in [3.8, 4) is 0 Å². The first-order chi connectivity index (χ1) is 9.42. The lowest BCUT2D eigenvalue weighted by Crippen LogP contribution is -2.15. The van der Waals surface area contributed by atoms with Crippen LogP contribution < -0.4 is 10.5 Å². The third kappa shape index (κ3) is 3.11. The quantitative estimate of drug-likeness (QED) is 0.789. The molecule has 0 aliphatic heterocycles. The maximum absolute atomic E-state index is 12.1. The van der Waals surface area contributed by atoms with Gasteiger partial charge in [0.1, 0.15) is 9.88 Å². The molecule has 20 heavy (non-hydrogen) atoms. The number of aromatic nitrogens is 3. The number of aryl methyl sites for hydroxylation is 1. The molecule has 0 atom stereocenters. The summed E-state index contributed by atoms with van der Waals surface area (Å²) in [5, 5.41) is 3.99. The van der Waals surface area contributed by atoms with Crippen LogP contribution in [0.5, 0.6) is 0 Å². The van der Waals surface area contributed by atoms with Gasteiger partial charge in [-0.2, -0.15) is 5.10 Å². The number of nitrogens with one attached hydrogen (secondary N) is 1. The predicted octanol–water partition coefficient (Wildman–Crippen LogP) is 0.733. The Hall–Kier alpha value is -2.00. The number of nitrogens with zero attached hydrogens (tertiary/aromatic N) is 3. The maximum Gasteiger partial charge on any atom is 0.263 e. The van der Waals surface area contributed by atoms with Crippen LogP contribution in [0, 0.1) is 0 Å². The second-order valence-electron chi connectivity index (χ2n) is 3.93. The van der Waals surface area contributed by atoms with Crippen molar-refractivity contribution in [2.75, 3.05) is 4.72 Å². The summed E-state index contributed by atoms with van der Waals surface area (Å²) >= 11 is 4.76. The Kier molecular flexibility index (Phi) is 4.00. The number of sulfonamides is 1. The van der Waals surface area contributed by atoms with Gasteiger partial charge in [0.25, 0.3) is 10.0 Å². The molecule has 0 fully saturated rings. The van der Waals surface area contributed by atoms with E-state index in [9.17, 15) is 8.42 Å². The van der Waals surface area contributed by atoms with Gasteiger partial charge in [0.2, 0.25) is 0 Å². The van der Waals surface area contributed by atoms with Crippen molar-refractivity contribution in [2.24, 2.45) is 5.73 Å². The third-order valence-corrected chi connectivity index (χ3v) is 4.08. The fraction of sp³-hybridized carbons (Fsp3) is 0.182. The smallest absolute Gasteiger partial charge is 0.263 e. The molecular weight excluding hydrogens is 298 g/mol. The summed E-state index contributed by atoms with van der Waals surface area (Å²) in [6.07, 6.45) is 4.26. The minimum atomic E-state index is -3.70. The van der Waals surface area contributed by atoms with Crippen molar-refractivity contribution < 1.29 is 8.42 Å². The van der Waals surface area contributed by atoms with E-state index in [4.69, 9.17) is 18.0 Å². The Labute approximate surface area is 121 Å². The number of anilines is 1. The zero-order valence-electron chi connectivity index (χ0n) is 10.6. The Morgan fingerprint density at radius 3 is 2.70 bits per heavy atom. The van der Waals surface area contributed by atoms with Crippen molar-refractivity contribution >= 4 is 32.9 Å². The van der Waals surface area contributed by atoms with Gasteiger partial charge in [0.05, 0.1) is 17.6 Å². The molecule has 0 aliphatic carbocycles. The van der Waals surface area contributed by atoms with Gasteiger partial charge in [0, 0.05) is 18.9 Å². The molecule has 106 valence electrons. The van der Waals surface area contributed by atoms with Gasteiger partial charge in [-0.15, -0.1) is 0 Å². The average Bonchev–Trinajstić information content (AvgIpc) is 2.85. The van der Waals surface area contributed by atoms with Crippen molar-refractivity contribution in [3.05, 3.63) is 36.4 Å². The van der Waals surface area contributed by atoms with Crippen LogP contribution in [0.1, 0.15) is 12.6 Å². The first-order valence-electron chi connectivity index (χ1n) is 5.73. The van der Waals surface area contributed by atoms with Gasteiger partial charge in [-0.25, -0.2) is 8.42 Å². The Bertz CT molecular complexity index is 722. The van der Waals surface area contributed by atoms with E-state index in [0.717, 1.165) is 0 Å². The SMILES string of the molecule is CCn1cc(NS(=O)(=O)c2ccc(C(N)=S)nc2)cn1. The van der Waals surface area contributed by atoms with Crippen LogP contribution in [0.15, 0.2) is 35.6 Å². The number of hydrogen-bond donors (Lipinski definition) is 2. The van der Waals surface area contributed by atoms with E-state index in [2.05, 4.69) is 14.8 Å². The Balaban J connectivity index is 2.23. The Morgan fingerprint density at radius 2 is 2.20 bits per heavy atom. The highest BCUT2D eigenvalue weighted by Crippen LogP contribution is 2.14. The number of rotatable bonds is 5. The molecule has 0 bridgehead atoms. The molecule has 7 nitrogen and oxygen atoms in total. The molecule has 0 radical (unpaired) electrons. The van der Waals surface area contributed by atoms with E-state index in [0.29, 0.717) is 17.9 Å². The van der Waals surface area contributed by atoms with Gasteiger partial charge in [-0.3, -0.25) is 14.4 Å². The molecule has 2 aromatic rings. The van der Waals surface area contributed by atoms with Crippen LogP contribution >= 0.6 is 12.2 Å². The van der Waals surface area contributed by atoms with E-state index in [1.165, 1.54) is 24.5 Å². The molecule has 0 aromatic carbocycles. The standard InChI is InChI=1S/C11H13N5O2S2/c1-2-16-7-8(5-14-16)15-20(17,18)9-3-4-10(11(12)19)13-6-9/h3-7,15H,2H2,1H3,(H2,12,19). The average molecular weight is 311 g/mol. The van der Waals surface area contributed by atoms with E-state index >= 15 is 0 Å². The summed E-state index contributed by atoms with van der Waals surface area (Å²) in [6, 6.07) is 2.86. The molecule has 0 saturated carbocycles. The molecule has 0 saturated heterocycles. The molecule has 9 heteroatoms. The van der Waals surface area contributed by atoms with Crippen LogP contribution in [0.2, 0.25) is 0 Å².